The van der Waals surface area contributed by atoms with E-state index in [-0.39, 0.29) is 12.4 Å². The molecule has 0 aliphatic carbocycles. The van der Waals surface area contributed by atoms with Crippen molar-refractivity contribution in [2.45, 2.75) is 19.9 Å². The van der Waals surface area contributed by atoms with Crippen LogP contribution in [0, 0.1) is 11.3 Å². The SMILES string of the molecule is CCOC(=O)Cc1c(C#N)cc(CN)cc1OC. The van der Waals surface area contributed by atoms with E-state index < -0.39 is 0 Å². The van der Waals surface area contributed by atoms with Gasteiger partial charge in [-0.05, 0) is 24.6 Å². The highest BCUT2D eigenvalue weighted by atomic mass is 16.5. The van der Waals surface area contributed by atoms with Crippen molar-refractivity contribution in [3.63, 3.8) is 0 Å². The molecule has 0 saturated carbocycles. The molecular formula is C13H16N2O3. The summed E-state index contributed by atoms with van der Waals surface area (Å²) in [5.41, 5.74) is 7.26. The van der Waals surface area contributed by atoms with Gasteiger partial charge in [-0.15, -0.1) is 0 Å². The number of hydrogen-bond donors (Lipinski definition) is 1. The predicted molar refractivity (Wildman–Crippen MR) is 65.9 cm³/mol. The number of esters is 1. The molecule has 1 aromatic carbocycles. The van der Waals surface area contributed by atoms with Crippen molar-refractivity contribution >= 4 is 5.97 Å². The largest absolute Gasteiger partial charge is 0.496 e. The zero-order valence-corrected chi connectivity index (χ0v) is 10.5. The number of carbonyl (C=O) groups excluding carboxylic acids is 1. The molecule has 0 aliphatic heterocycles. The summed E-state index contributed by atoms with van der Waals surface area (Å²) in [5, 5.41) is 9.10. The third-order valence-corrected chi connectivity index (χ3v) is 2.47. The van der Waals surface area contributed by atoms with E-state index in [0.29, 0.717) is 30.0 Å². The number of carbonyl (C=O) groups is 1. The second-order valence-corrected chi connectivity index (χ2v) is 3.62. The smallest absolute Gasteiger partial charge is 0.310 e. The van der Waals surface area contributed by atoms with Gasteiger partial charge in [0, 0.05) is 12.1 Å². The Labute approximate surface area is 106 Å². The number of hydrogen-bond acceptors (Lipinski definition) is 5. The third kappa shape index (κ3) is 3.22. The number of nitrogens with two attached hydrogens (primary N) is 1. The number of methoxy groups -OCH3 is 1. The van der Waals surface area contributed by atoms with Gasteiger partial charge in [-0.2, -0.15) is 5.26 Å². The minimum absolute atomic E-state index is 0.0186. The molecule has 1 aromatic rings. The van der Waals surface area contributed by atoms with Crippen LogP contribution >= 0.6 is 0 Å². The molecule has 18 heavy (non-hydrogen) atoms. The molecular weight excluding hydrogens is 232 g/mol. The second-order valence-electron chi connectivity index (χ2n) is 3.62. The fourth-order valence-corrected chi connectivity index (χ4v) is 1.64. The van der Waals surface area contributed by atoms with Gasteiger partial charge < -0.3 is 15.2 Å². The maximum Gasteiger partial charge on any atom is 0.310 e. The number of ether oxygens (including phenoxy) is 2. The Morgan fingerprint density at radius 3 is 2.72 bits per heavy atom. The van der Waals surface area contributed by atoms with Crippen molar-refractivity contribution < 1.29 is 14.3 Å². The first-order valence-electron chi connectivity index (χ1n) is 5.61. The molecule has 0 fully saturated rings. The molecule has 0 unspecified atom stereocenters. The summed E-state index contributed by atoms with van der Waals surface area (Å²) in [6.07, 6.45) is 0.0186. The lowest BCUT2D eigenvalue weighted by molar-refractivity contribution is -0.142. The van der Waals surface area contributed by atoms with E-state index in [2.05, 4.69) is 0 Å². The molecule has 0 saturated heterocycles. The normalized spacial score (nSPS) is 9.67. The molecule has 96 valence electrons. The summed E-state index contributed by atoms with van der Waals surface area (Å²) in [6.45, 7) is 2.35. The first kappa shape index (κ1) is 14.0. The van der Waals surface area contributed by atoms with Gasteiger partial charge in [0.2, 0.25) is 0 Å². The van der Waals surface area contributed by atoms with Gasteiger partial charge in [-0.25, -0.2) is 0 Å². The molecule has 0 aromatic heterocycles. The molecule has 1 rings (SSSR count). The molecule has 0 bridgehead atoms. The first-order valence-corrected chi connectivity index (χ1v) is 5.61. The molecule has 0 amide bonds. The van der Waals surface area contributed by atoms with Crippen LogP contribution in [0.5, 0.6) is 5.75 Å². The number of nitrogens with zero attached hydrogens (tertiary/aromatic N) is 1. The van der Waals surface area contributed by atoms with E-state index in [9.17, 15) is 4.79 Å². The van der Waals surface area contributed by atoms with Crippen molar-refractivity contribution in [1.29, 1.82) is 5.26 Å². The number of nitriles is 1. The van der Waals surface area contributed by atoms with Crippen molar-refractivity contribution in [1.82, 2.24) is 0 Å². The van der Waals surface area contributed by atoms with Gasteiger partial charge in [-0.3, -0.25) is 4.79 Å². The maximum absolute atomic E-state index is 11.5. The van der Waals surface area contributed by atoms with Crippen molar-refractivity contribution in [3.8, 4) is 11.8 Å². The first-order chi connectivity index (χ1) is 8.65. The van der Waals surface area contributed by atoms with Crippen LogP contribution in [-0.2, 0) is 22.5 Å². The molecule has 0 aliphatic rings. The fraction of sp³-hybridized carbons (Fsp3) is 0.385. The van der Waals surface area contributed by atoms with Crippen molar-refractivity contribution in [3.05, 3.63) is 28.8 Å². The average Bonchev–Trinajstić information content (AvgIpc) is 2.39. The van der Waals surface area contributed by atoms with Crippen LogP contribution in [0.4, 0.5) is 0 Å². The predicted octanol–water partition coefficient (Wildman–Crippen LogP) is 1.13. The van der Waals surface area contributed by atoms with Crippen LogP contribution in [-0.4, -0.2) is 19.7 Å². The van der Waals surface area contributed by atoms with Crippen molar-refractivity contribution in [2.75, 3.05) is 13.7 Å². The summed E-state index contributed by atoms with van der Waals surface area (Å²) in [5.74, 6) is 0.107. The summed E-state index contributed by atoms with van der Waals surface area (Å²) in [4.78, 5) is 11.5. The molecule has 0 radical (unpaired) electrons. The standard InChI is InChI=1S/C13H16N2O3/c1-3-18-13(16)6-11-10(8-15)4-9(7-14)5-12(11)17-2/h4-5H,3,6-7,14H2,1-2H3. The molecule has 5 heteroatoms. The van der Waals surface area contributed by atoms with Crippen molar-refractivity contribution in [2.24, 2.45) is 5.73 Å². The van der Waals surface area contributed by atoms with Crippen LogP contribution in [0.25, 0.3) is 0 Å². The Morgan fingerprint density at radius 2 is 2.22 bits per heavy atom. The van der Waals surface area contributed by atoms with Crippen LogP contribution in [0.2, 0.25) is 0 Å². The molecule has 5 nitrogen and oxygen atoms in total. The highest BCUT2D eigenvalue weighted by Gasteiger charge is 2.15. The Balaban J connectivity index is 3.15. The molecule has 0 spiro atoms. The van der Waals surface area contributed by atoms with Gasteiger partial charge >= 0.3 is 5.97 Å². The average molecular weight is 248 g/mol. The zero-order chi connectivity index (χ0) is 13.5. The lowest BCUT2D eigenvalue weighted by atomic mass is 10.0. The van der Waals surface area contributed by atoms with E-state index in [1.165, 1.54) is 7.11 Å². The van der Waals surface area contributed by atoms with Crippen LogP contribution in [0.1, 0.15) is 23.6 Å². The minimum atomic E-state index is -0.382. The summed E-state index contributed by atoms with van der Waals surface area (Å²) in [7, 11) is 1.49. The lowest BCUT2D eigenvalue weighted by Crippen LogP contribution is -2.11. The van der Waals surface area contributed by atoms with Crippen LogP contribution < -0.4 is 10.5 Å². The van der Waals surface area contributed by atoms with E-state index in [0.717, 1.165) is 5.56 Å². The quantitative estimate of drug-likeness (QED) is 0.789. The Hall–Kier alpha value is -2.06. The number of rotatable bonds is 5. The Kier molecular flexibility index (Phi) is 5.15. The minimum Gasteiger partial charge on any atom is -0.496 e. The fourth-order valence-electron chi connectivity index (χ4n) is 1.64. The monoisotopic (exact) mass is 248 g/mol. The van der Waals surface area contributed by atoms with Gasteiger partial charge in [-0.1, -0.05) is 0 Å². The number of benzene rings is 1. The van der Waals surface area contributed by atoms with Crippen LogP contribution in [0.15, 0.2) is 12.1 Å². The van der Waals surface area contributed by atoms with E-state index in [1.54, 1.807) is 19.1 Å². The topological polar surface area (TPSA) is 85.3 Å². The van der Waals surface area contributed by atoms with E-state index in [4.69, 9.17) is 20.5 Å². The summed E-state index contributed by atoms with van der Waals surface area (Å²) in [6, 6.07) is 5.44. The zero-order valence-electron chi connectivity index (χ0n) is 10.5. The van der Waals surface area contributed by atoms with E-state index >= 15 is 0 Å². The summed E-state index contributed by atoms with van der Waals surface area (Å²) < 4.78 is 10.1. The van der Waals surface area contributed by atoms with Gasteiger partial charge in [0.15, 0.2) is 0 Å². The second kappa shape index (κ2) is 6.62. The van der Waals surface area contributed by atoms with E-state index in [1.807, 2.05) is 6.07 Å². The third-order valence-electron chi connectivity index (χ3n) is 2.47. The maximum atomic E-state index is 11.5. The Morgan fingerprint density at radius 1 is 1.50 bits per heavy atom. The molecule has 0 heterocycles. The molecule has 0 atom stereocenters. The van der Waals surface area contributed by atoms with Gasteiger partial charge in [0.25, 0.3) is 0 Å². The Bertz CT molecular complexity index is 478. The molecule has 2 N–H and O–H groups in total. The highest BCUT2D eigenvalue weighted by Crippen LogP contribution is 2.25. The highest BCUT2D eigenvalue weighted by molar-refractivity contribution is 5.75. The van der Waals surface area contributed by atoms with Gasteiger partial charge in [0.1, 0.15) is 5.75 Å². The lowest BCUT2D eigenvalue weighted by Gasteiger charge is -2.11. The van der Waals surface area contributed by atoms with Gasteiger partial charge in [0.05, 0.1) is 31.8 Å². The van der Waals surface area contributed by atoms with Crippen LogP contribution in [0.3, 0.4) is 0 Å². The summed E-state index contributed by atoms with van der Waals surface area (Å²) >= 11 is 0.